The van der Waals surface area contributed by atoms with Crippen LogP contribution in [0.3, 0.4) is 0 Å². The second-order valence-corrected chi connectivity index (χ2v) is 10.3. The van der Waals surface area contributed by atoms with Crippen LogP contribution in [0, 0.1) is 27.7 Å². The SMILES string of the molecule is CCN1C(=O)/C(=C/c2cc(C)n(-c3cccc(C)c3C)c2C)SC1=Nc1ccc(Br)c(Cl)c1. The van der Waals surface area contributed by atoms with Gasteiger partial charge in [-0.15, -0.1) is 0 Å². The van der Waals surface area contributed by atoms with Crippen LogP contribution in [-0.4, -0.2) is 27.1 Å². The Labute approximate surface area is 212 Å². The Morgan fingerprint density at radius 3 is 2.58 bits per heavy atom. The van der Waals surface area contributed by atoms with E-state index in [1.165, 1.54) is 28.6 Å². The van der Waals surface area contributed by atoms with Crippen molar-refractivity contribution in [2.75, 3.05) is 6.54 Å². The van der Waals surface area contributed by atoms with Gasteiger partial charge in [-0.25, -0.2) is 4.99 Å². The number of hydrogen-bond acceptors (Lipinski definition) is 3. The van der Waals surface area contributed by atoms with Crippen molar-refractivity contribution >= 4 is 62.1 Å². The molecule has 1 aliphatic heterocycles. The minimum atomic E-state index is -0.0269. The number of hydrogen-bond donors (Lipinski definition) is 0. The maximum atomic E-state index is 13.1. The second-order valence-electron chi connectivity index (χ2n) is 8.03. The predicted octanol–water partition coefficient (Wildman–Crippen LogP) is 7.75. The number of halogens is 2. The molecule has 0 bridgehead atoms. The summed E-state index contributed by atoms with van der Waals surface area (Å²) in [5.74, 6) is -0.0269. The van der Waals surface area contributed by atoms with Crippen molar-refractivity contribution in [3.8, 4) is 5.69 Å². The molecule has 0 atom stereocenters. The highest BCUT2D eigenvalue weighted by Gasteiger charge is 2.32. The molecule has 7 heteroatoms. The molecule has 3 aromatic rings. The van der Waals surface area contributed by atoms with E-state index in [-0.39, 0.29) is 5.91 Å². The third-order valence-electron chi connectivity index (χ3n) is 5.91. The molecule has 170 valence electrons. The van der Waals surface area contributed by atoms with Crippen LogP contribution < -0.4 is 0 Å². The molecule has 1 fully saturated rings. The second kappa shape index (κ2) is 9.53. The molecule has 0 N–H and O–H groups in total. The lowest BCUT2D eigenvalue weighted by atomic mass is 10.1. The topological polar surface area (TPSA) is 37.6 Å². The molecule has 4 nitrogen and oxygen atoms in total. The highest BCUT2D eigenvalue weighted by Crippen LogP contribution is 2.36. The highest BCUT2D eigenvalue weighted by atomic mass is 79.9. The molecule has 0 radical (unpaired) electrons. The zero-order chi connectivity index (χ0) is 23.9. The Morgan fingerprint density at radius 2 is 1.88 bits per heavy atom. The lowest BCUT2D eigenvalue weighted by molar-refractivity contribution is -0.122. The van der Waals surface area contributed by atoms with Crippen LogP contribution in [-0.2, 0) is 4.79 Å². The standard InChI is InChI=1S/C26H25BrClN3OS/c1-6-30-25(32)24(33-26(30)29-20-10-11-21(27)22(28)14-20)13-19-12-16(3)31(18(19)5)23-9-7-8-15(2)17(23)4/h7-14H,6H2,1-5H3/b24-13-,29-26?. The van der Waals surface area contributed by atoms with E-state index < -0.39 is 0 Å². The molecule has 2 heterocycles. The van der Waals surface area contributed by atoms with Gasteiger partial charge in [0.1, 0.15) is 0 Å². The number of benzene rings is 2. The molecule has 4 rings (SSSR count). The number of nitrogens with zero attached hydrogens (tertiary/aromatic N) is 3. The number of aromatic nitrogens is 1. The Balaban J connectivity index is 1.72. The minimum absolute atomic E-state index is 0.0269. The van der Waals surface area contributed by atoms with Crippen LogP contribution in [0.5, 0.6) is 0 Å². The smallest absolute Gasteiger partial charge is 0.266 e. The van der Waals surface area contributed by atoms with Crippen LogP contribution >= 0.6 is 39.3 Å². The van der Waals surface area contributed by atoms with E-state index in [1.807, 2.05) is 25.1 Å². The number of aryl methyl sites for hydroxylation is 2. The van der Waals surface area contributed by atoms with E-state index in [4.69, 9.17) is 16.6 Å². The Kier molecular flexibility index (Phi) is 6.89. The van der Waals surface area contributed by atoms with Crippen molar-refractivity contribution in [1.82, 2.24) is 9.47 Å². The molecule has 0 spiro atoms. The minimum Gasteiger partial charge on any atom is -0.318 e. The van der Waals surface area contributed by atoms with Gasteiger partial charge in [0.15, 0.2) is 5.17 Å². The quantitative estimate of drug-likeness (QED) is 0.316. The molecular formula is C26H25BrClN3OS. The average molecular weight is 543 g/mol. The maximum absolute atomic E-state index is 13.1. The van der Waals surface area contributed by atoms with Crippen molar-refractivity contribution in [3.05, 3.63) is 84.9 Å². The van der Waals surface area contributed by atoms with Gasteiger partial charge in [-0.2, -0.15) is 0 Å². The zero-order valence-corrected chi connectivity index (χ0v) is 22.4. The molecule has 33 heavy (non-hydrogen) atoms. The van der Waals surface area contributed by atoms with Gasteiger partial charge in [0, 0.05) is 28.1 Å². The third-order valence-corrected chi connectivity index (χ3v) is 8.15. The van der Waals surface area contributed by atoms with Crippen LogP contribution in [0.25, 0.3) is 11.8 Å². The largest absolute Gasteiger partial charge is 0.318 e. The van der Waals surface area contributed by atoms with E-state index in [1.54, 1.807) is 11.0 Å². The number of amides is 1. The molecule has 1 amide bonds. The molecule has 0 aliphatic carbocycles. The van der Waals surface area contributed by atoms with Crippen LogP contribution in [0.4, 0.5) is 5.69 Å². The summed E-state index contributed by atoms with van der Waals surface area (Å²) in [4.78, 5) is 20.2. The summed E-state index contributed by atoms with van der Waals surface area (Å²) < 4.78 is 3.07. The molecule has 0 unspecified atom stereocenters. The van der Waals surface area contributed by atoms with Gasteiger partial charge >= 0.3 is 0 Å². The van der Waals surface area contributed by atoms with Crippen molar-refractivity contribution in [2.45, 2.75) is 34.6 Å². The fraction of sp³-hybridized carbons (Fsp3) is 0.231. The van der Waals surface area contributed by atoms with Crippen LogP contribution in [0.1, 0.15) is 35.0 Å². The monoisotopic (exact) mass is 541 g/mol. The van der Waals surface area contributed by atoms with Gasteiger partial charge in [0.2, 0.25) is 0 Å². The molecule has 2 aromatic carbocycles. The van der Waals surface area contributed by atoms with Crippen molar-refractivity contribution < 1.29 is 4.79 Å². The molecule has 0 saturated carbocycles. The number of rotatable bonds is 4. The average Bonchev–Trinajstić information content (AvgIpc) is 3.22. The summed E-state index contributed by atoms with van der Waals surface area (Å²) in [7, 11) is 0. The number of carbonyl (C=O) groups excluding carboxylic acids is 1. The Morgan fingerprint density at radius 1 is 1.12 bits per heavy atom. The first kappa shape index (κ1) is 23.9. The number of aliphatic imine (C=N–C) groups is 1. The third kappa shape index (κ3) is 4.57. The summed E-state index contributed by atoms with van der Waals surface area (Å²) >= 11 is 11.0. The first-order valence-electron chi connectivity index (χ1n) is 10.7. The number of thioether (sulfide) groups is 1. The van der Waals surface area contributed by atoms with E-state index in [0.29, 0.717) is 27.3 Å². The fourth-order valence-electron chi connectivity index (χ4n) is 3.96. The summed E-state index contributed by atoms with van der Waals surface area (Å²) in [6.07, 6.45) is 1.98. The summed E-state index contributed by atoms with van der Waals surface area (Å²) in [5, 5.41) is 1.25. The Bertz CT molecular complexity index is 1330. The van der Waals surface area contributed by atoms with E-state index in [2.05, 4.69) is 72.5 Å². The number of likely N-dealkylation sites (N-methyl/N-ethyl adjacent to an activating group) is 1. The highest BCUT2D eigenvalue weighted by molar-refractivity contribution is 9.10. The molecule has 1 aromatic heterocycles. The van der Waals surface area contributed by atoms with Crippen LogP contribution in [0.15, 0.2) is 56.8 Å². The van der Waals surface area contributed by atoms with E-state index >= 15 is 0 Å². The van der Waals surface area contributed by atoms with Crippen molar-refractivity contribution in [3.63, 3.8) is 0 Å². The van der Waals surface area contributed by atoms with Gasteiger partial charge in [-0.1, -0.05) is 23.7 Å². The number of amidine groups is 1. The first-order valence-corrected chi connectivity index (χ1v) is 12.7. The normalized spacial score (nSPS) is 16.5. The van der Waals surface area contributed by atoms with Gasteiger partial charge in [0.05, 0.1) is 15.6 Å². The van der Waals surface area contributed by atoms with Crippen LogP contribution in [0.2, 0.25) is 5.02 Å². The summed E-state index contributed by atoms with van der Waals surface area (Å²) in [6, 6.07) is 14.0. The fourth-order valence-corrected chi connectivity index (χ4v) is 5.43. The zero-order valence-electron chi connectivity index (χ0n) is 19.2. The van der Waals surface area contributed by atoms with Gasteiger partial charge in [0.25, 0.3) is 5.91 Å². The predicted molar refractivity (Wildman–Crippen MR) is 144 cm³/mol. The van der Waals surface area contributed by atoms with Gasteiger partial charge in [-0.3, -0.25) is 9.69 Å². The van der Waals surface area contributed by atoms with Crippen molar-refractivity contribution in [1.29, 1.82) is 0 Å². The van der Waals surface area contributed by atoms with E-state index in [9.17, 15) is 4.79 Å². The Hall–Kier alpha value is -2.28. The van der Waals surface area contributed by atoms with E-state index in [0.717, 1.165) is 21.4 Å². The maximum Gasteiger partial charge on any atom is 0.266 e. The van der Waals surface area contributed by atoms with Gasteiger partial charge < -0.3 is 4.57 Å². The molecular weight excluding hydrogens is 518 g/mol. The molecule has 1 saturated heterocycles. The van der Waals surface area contributed by atoms with Gasteiger partial charge in [-0.05, 0) is 115 Å². The summed E-state index contributed by atoms with van der Waals surface area (Å²) in [6.45, 7) is 11.0. The van der Waals surface area contributed by atoms with Crippen molar-refractivity contribution in [2.24, 2.45) is 4.99 Å². The lowest BCUT2D eigenvalue weighted by Gasteiger charge is -2.14. The lowest BCUT2D eigenvalue weighted by Crippen LogP contribution is -2.28. The number of carbonyl (C=O) groups is 1. The molecule has 1 aliphatic rings. The summed E-state index contributed by atoms with van der Waals surface area (Å²) in [5.41, 5.74) is 7.67. The first-order chi connectivity index (χ1) is 15.7.